The molecule has 2 saturated heterocycles. The van der Waals surface area contributed by atoms with E-state index in [9.17, 15) is 14.7 Å². The van der Waals surface area contributed by atoms with Crippen LogP contribution in [0.3, 0.4) is 0 Å². The summed E-state index contributed by atoms with van der Waals surface area (Å²) in [6.07, 6.45) is 6.49. The van der Waals surface area contributed by atoms with Crippen LogP contribution in [0.4, 0.5) is 16.2 Å². The van der Waals surface area contributed by atoms with E-state index in [4.69, 9.17) is 4.74 Å². The standard InChI is InChI=1S/C25H37N3O4/c1-3-15-32-24(31)26-19-5-10-22(18(2)16-19)27-13-4-11-25(17-27)12-14-28(23(25)30)20-6-8-21(29)9-7-20/h5,10,16,20-21,29H,3-4,6-9,11-15,17H2,1-2H3,(H,26,31)/t20-,21-,25-/m0/s1. The van der Waals surface area contributed by atoms with Gasteiger partial charge in [0, 0.05) is 37.1 Å². The molecule has 1 aromatic carbocycles. The normalized spacial score (nSPS) is 28.3. The van der Waals surface area contributed by atoms with Crippen LogP contribution in [0.25, 0.3) is 0 Å². The number of amides is 2. The zero-order chi connectivity index (χ0) is 22.7. The number of aryl methyl sites for hydroxylation is 1. The lowest BCUT2D eigenvalue weighted by atomic mass is 9.78. The monoisotopic (exact) mass is 443 g/mol. The van der Waals surface area contributed by atoms with Gasteiger partial charge < -0.3 is 19.6 Å². The van der Waals surface area contributed by atoms with Crippen molar-refractivity contribution in [2.75, 3.05) is 36.5 Å². The van der Waals surface area contributed by atoms with E-state index in [1.807, 2.05) is 25.1 Å². The molecule has 0 aromatic heterocycles. The first-order valence-electron chi connectivity index (χ1n) is 12.2. The number of nitrogens with zero attached hydrogens (tertiary/aromatic N) is 2. The van der Waals surface area contributed by atoms with E-state index < -0.39 is 6.09 Å². The number of anilines is 2. The summed E-state index contributed by atoms with van der Waals surface area (Å²) in [5.41, 5.74) is 2.64. The molecule has 0 bridgehead atoms. The Labute approximate surface area is 191 Å². The van der Waals surface area contributed by atoms with Crippen molar-refractivity contribution in [1.82, 2.24) is 4.90 Å². The molecule has 3 fully saturated rings. The van der Waals surface area contributed by atoms with Crippen molar-refractivity contribution in [2.24, 2.45) is 5.41 Å². The molecule has 2 aliphatic heterocycles. The zero-order valence-electron chi connectivity index (χ0n) is 19.4. The molecule has 1 aliphatic carbocycles. The molecule has 7 heteroatoms. The molecular formula is C25H37N3O4. The third-order valence-electron chi connectivity index (χ3n) is 7.45. The number of rotatable bonds is 5. The van der Waals surface area contributed by atoms with Crippen molar-refractivity contribution >= 4 is 23.4 Å². The van der Waals surface area contributed by atoms with E-state index in [-0.39, 0.29) is 11.5 Å². The molecule has 0 radical (unpaired) electrons. The van der Waals surface area contributed by atoms with Gasteiger partial charge in [-0.15, -0.1) is 0 Å². The SMILES string of the molecule is CCCOC(=O)Nc1ccc(N2CCC[C@]3(CCN([C@H]4CC[C@H](O)CC4)C3=O)C2)c(C)c1. The van der Waals surface area contributed by atoms with Gasteiger partial charge in [-0.25, -0.2) is 4.79 Å². The molecule has 1 atom stereocenters. The number of hydrogen-bond acceptors (Lipinski definition) is 5. The van der Waals surface area contributed by atoms with E-state index in [1.54, 1.807) is 0 Å². The Kier molecular flexibility index (Phi) is 6.93. The molecule has 2 amide bonds. The number of aliphatic hydroxyl groups is 1. The van der Waals surface area contributed by atoms with Crippen LogP contribution in [0.15, 0.2) is 18.2 Å². The number of hydrogen-bond donors (Lipinski definition) is 2. The average molecular weight is 444 g/mol. The molecule has 1 aromatic rings. The predicted octanol–water partition coefficient (Wildman–Crippen LogP) is 4.08. The minimum absolute atomic E-state index is 0.197. The molecule has 0 unspecified atom stereocenters. The average Bonchev–Trinajstić information content (AvgIpc) is 3.08. The summed E-state index contributed by atoms with van der Waals surface area (Å²) in [5.74, 6) is 0.318. The summed E-state index contributed by atoms with van der Waals surface area (Å²) in [6.45, 7) is 6.96. The quantitative estimate of drug-likeness (QED) is 0.717. The first-order chi connectivity index (χ1) is 15.4. The van der Waals surface area contributed by atoms with Gasteiger partial charge in [-0.05, 0) is 82.1 Å². The fourth-order valence-electron chi connectivity index (χ4n) is 5.72. The maximum absolute atomic E-state index is 13.6. The van der Waals surface area contributed by atoms with Gasteiger partial charge in [0.2, 0.25) is 5.91 Å². The van der Waals surface area contributed by atoms with Crippen molar-refractivity contribution in [1.29, 1.82) is 0 Å². The summed E-state index contributed by atoms with van der Waals surface area (Å²) in [5, 5.41) is 12.6. The highest BCUT2D eigenvalue weighted by Crippen LogP contribution is 2.44. The Morgan fingerprint density at radius 2 is 2.00 bits per heavy atom. The molecule has 1 spiro atoms. The lowest BCUT2D eigenvalue weighted by Gasteiger charge is -2.42. The van der Waals surface area contributed by atoms with Crippen LogP contribution in [0.2, 0.25) is 0 Å². The van der Waals surface area contributed by atoms with Crippen LogP contribution >= 0.6 is 0 Å². The molecule has 4 rings (SSSR count). The van der Waals surface area contributed by atoms with Gasteiger partial charge in [-0.2, -0.15) is 0 Å². The fourth-order valence-corrected chi connectivity index (χ4v) is 5.72. The highest BCUT2D eigenvalue weighted by molar-refractivity contribution is 5.87. The first kappa shape index (κ1) is 22.9. The minimum Gasteiger partial charge on any atom is -0.449 e. The van der Waals surface area contributed by atoms with Gasteiger partial charge in [-0.1, -0.05) is 6.92 Å². The number of benzene rings is 1. The lowest BCUT2D eigenvalue weighted by Crippen LogP contribution is -2.50. The van der Waals surface area contributed by atoms with Crippen molar-refractivity contribution in [3.8, 4) is 0 Å². The summed E-state index contributed by atoms with van der Waals surface area (Å²) in [7, 11) is 0. The largest absolute Gasteiger partial charge is 0.449 e. The maximum atomic E-state index is 13.6. The van der Waals surface area contributed by atoms with Crippen molar-refractivity contribution < 1.29 is 19.4 Å². The van der Waals surface area contributed by atoms with Crippen LogP contribution < -0.4 is 10.2 Å². The Morgan fingerprint density at radius 1 is 1.22 bits per heavy atom. The molecule has 1 saturated carbocycles. The zero-order valence-corrected chi connectivity index (χ0v) is 19.4. The van der Waals surface area contributed by atoms with Gasteiger partial charge >= 0.3 is 6.09 Å². The summed E-state index contributed by atoms with van der Waals surface area (Å²) >= 11 is 0. The molecule has 2 heterocycles. The second kappa shape index (κ2) is 9.69. The smallest absolute Gasteiger partial charge is 0.411 e. The third-order valence-corrected chi connectivity index (χ3v) is 7.45. The Bertz CT molecular complexity index is 836. The van der Waals surface area contributed by atoms with Crippen molar-refractivity contribution in [3.05, 3.63) is 23.8 Å². The highest BCUT2D eigenvalue weighted by Gasteiger charge is 2.50. The van der Waals surface area contributed by atoms with Crippen LogP contribution in [-0.4, -0.2) is 60.4 Å². The Hall–Kier alpha value is -2.28. The highest BCUT2D eigenvalue weighted by atomic mass is 16.5. The molecule has 2 N–H and O–H groups in total. The molecule has 7 nitrogen and oxygen atoms in total. The number of piperidine rings is 1. The van der Waals surface area contributed by atoms with E-state index >= 15 is 0 Å². The fraction of sp³-hybridized carbons (Fsp3) is 0.680. The van der Waals surface area contributed by atoms with E-state index in [0.717, 1.165) is 87.9 Å². The Balaban J connectivity index is 1.42. The van der Waals surface area contributed by atoms with E-state index in [0.29, 0.717) is 18.6 Å². The number of nitrogens with one attached hydrogen (secondary N) is 1. The summed E-state index contributed by atoms with van der Waals surface area (Å²) in [6, 6.07) is 6.22. The first-order valence-corrected chi connectivity index (χ1v) is 12.2. The number of carbonyl (C=O) groups excluding carboxylic acids is 2. The van der Waals surface area contributed by atoms with Crippen LogP contribution in [0.5, 0.6) is 0 Å². The van der Waals surface area contributed by atoms with Gasteiger partial charge in [0.1, 0.15) is 0 Å². The minimum atomic E-state index is -0.428. The van der Waals surface area contributed by atoms with E-state index in [1.165, 1.54) is 0 Å². The third kappa shape index (κ3) is 4.72. The van der Waals surface area contributed by atoms with Gasteiger partial charge in [0.25, 0.3) is 0 Å². The van der Waals surface area contributed by atoms with Crippen LogP contribution in [0, 0.1) is 12.3 Å². The second-order valence-electron chi connectivity index (χ2n) is 9.78. The molecule has 3 aliphatic rings. The van der Waals surface area contributed by atoms with Crippen LogP contribution in [-0.2, 0) is 9.53 Å². The van der Waals surface area contributed by atoms with Crippen molar-refractivity contribution in [2.45, 2.75) is 77.4 Å². The second-order valence-corrected chi connectivity index (χ2v) is 9.78. The van der Waals surface area contributed by atoms with Gasteiger partial charge in [-0.3, -0.25) is 10.1 Å². The lowest BCUT2D eigenvalue weighted by molar-refractivity contribution is -0.139. The predicted molar refractivity (Wildman–Crippen MR) is 125 cm³/mol. The molecule has 176 valence electrons. The van der Waals surface area contributed by atoms with Gasteiger partial charge in [0.05, 0.1) is 18.1 Å². The maximum Gasteiger partial charge on any atom is 0.411 e. The van der Waals surface area contributed by atoms with E-state index in [2.05, 4.69) is 22.0 Å². The Morgan fingerprint density at radius 3 is 2.72 bits per heavy atom. The van der Waals surface area contributed by atoms with Crippen LogP contribution in [0.1, 0.15) is 63.9 Å². The number of carbonyl (C=O) groups is 2. The van der Waals surface area contributed by atoms with Gasteiger partial charge in [0.15, 0.2) is 0 Å². The molecule has 32 heavy (non-hydrogen) atoms. The number of ether oxygens (including phenoxy) is 1. The van der Waals surface area contributed by atoms with Crippen molar-refractivity contribution in [3.63, 3.8) is 0 Å². The number of likely N-dealkylation sites (tertiary alicyclic amines) is 1. The summed E-state index contributed by atoms with van der Waals surface area (Å²) < 4.78 is 5.11. The summed E-state index contributed by atoms with van der Waals surface area (Å²) in [4.78, 5) is 29.9. The number of aliphatic hydroxyl groups excluding tert-OH is 1. The molecular weight excluding hydrogens is 406 g/mol. The topological polar surface area (TPSA) is 82.1 Å².